The van der Waals surface area contributed by atoms with Gasteiger partial charge in [0.1, 0.15) is 18.2 Å². The number of ether oxygens (including phenoxy) is 2. The predicted molar refractivity (Wildman–Crippen MR) is 105 cm³/mol. The van der Waals surface area contributed by atoms with E-state index >= 15 is 0 Å². The number of anilines is 2. The Hall–Kier alpha value is -3.53. The fraction of sp³-hybridized carbons (Fsp3) is 0.158. The highest BCUT2D eigenvalue weighted by Gasteiger charge is 2.13. The molecule has 2 N–H and O–H groups in total. The van der Waals surface area contributed by atoms with E-state index in [0.29, 0.717) is 35.4 Å². The Morgan fingerprint density at radius 2 is 1.86 bits per heavy atom. The van der Waals surface area contributed by atoms with Crippen molar-refractivity contribution in [1.29, 1.82) is 0 Å². The van der Waals surface area contributed by atoms with Crippen LogP contribution < -0.4 is 20.1 Å². The minimum Gasteiger partial charge on any atom is -0.486 e. The van der Waals surface area contributed by atoms with Crippen LogP contribution in [-0.2, 0) is 4.79 Å². The van der Waals surface area contributed by atoms with Gasteiger partial charge in [-0.2, -0.15) is 0 Å². The molecule has 0 saturated heterocycles. The first kappa shape index (κ1) is 18.8. The normalized spacial score (nSPS) is 12.3. The number of fused-ring (bicyclic) bond motifs is 1. The molecule has 2 amide bonds. The maximum absolute atomic E-state index is 12.2. The number of rotatable bonds is 6. The zero-order valence-electron chi connectivity index (χ0n) is 15.1. The summed E-state index contributed by atoms with van der Waals surface area (Å²) in [4.78, 5) is 24.1. The van der Waals surface area contributed by atoms with Crippen LogP contribution in [0.4, 0.5) is 11.5 Å². The molecule has 0 saturated carbocycles. The quantitative estimate of drug-likeness (QED) is 0.594. The second kappa shape index (κ2) is 8.65. The SMILES string of the molecule is O=C(CSc1ccc(NC(=O)c2ccco2)nn1)Nc1ccc2c(c1)OCCO2. The van der Waals surface area contributed by atoms with Crippen molar-refractivity contribution in [2.45, 2.75) is 5.03 Å². The number of furan rings is 1. The average Bonchev–Trinajstić information content (AvgIpc) is 3.28. The van der Waals surface area contributed by atoms with E-state index in [9.17, 15) is 9.59 Å². The fourth-order valence-corrected chi connectivity index (χ4v) is 3.12. The lowest BCUT2D eigenvalue weighted by atomic mass is 10.2. The standard InChI is InChI=1S/C19H16N4O5S/c24-17(20-12-3-4-13-15(10-12)28-9-8-27-13)11-29-18-6-5-16(22-23-18)21-19(25)14-2-1-7-26-14/h1-7,10H,8-9,11H2,(H,20,24)(H,21,22,25). The van der Waals surface area contributed by atoms with Gasteiger partial charge in [0.15, 0.2) is 23.1 Å². The average molecular weight is 412 g/mol. The van der Waals surface area contributed by atoms with Gasteiger partial charge in [0.2, 0.25) is 5.91 Å². The second-order valence-corrected chi connectivity index (χ2v) is 6.88. The number of hydrogen-bond donors (Lipinski definition) is 2. The third-order valence-electron chi connectivity index (χ3n) is 3.80. The first-order valence-electron chi connectivity index (χ1n) is 8.68. The highest BCUT2D eigenvalue weighted by atomic mass is 32.2. The summed E-state index contributed by atoms with van der Waals surface area (Å²) >= 11 is 1.23. The van der Waals surface area contributed by atoms with E-state index in [-0.39, 0.29) is 23.2 Å². The highest BCUT2D eigenvalue weighted by molar-refractivity contribution is 7.99. The van der Waals surface area contributed by atoms with Crippen molar-refractivity contribution in [3.8, 4) is 11.5 Å². The summed E-state index contributed by atoms with van der Waals surface area (Å²) in [7, 11) is 0. The number of hydrogen-bond acceptors (Lipinski definition) is 8. The van der Waals surface area contributed by atoms with E-state index in [1.165, 1.54) is 18.0 Å². The Bertz CT molecular complexity index is 1010. The molecule has 3 heterocycles. The minimum absolute atomic E-state index is 0.154. The second-order valence-electron chi connectivity index (χ2n) is 5.88. The molecular weight excluding hydrogens is 396 g/mol. The van der Waals surface area contributed by atoms with Gasteiger partial charge in [-0.25, -0.2) is 0 Å². The highest BCUT2D eigenvalue weighted by Crippen LogP contribution is 2.32. The molecule has 3 aromatic rings. The van der Waals surface area contributed by atoms with Gasteiger partial charge in [-0.1, -0.05) is 11.8 Å². The van der Waals surface area contributed by atoms with Gasteiger partial charge in [-0.15, -0.1) is 10.2 Å². The molecule has 10 heteroatoms. The molecule has 0 bridgehead atoms. The summed E-state index contributed by atoms with van der Waals surface area (Å²) in [6, 6.07) is 11.7. The monoisotopic (exact) mass is 412 g/mol. The van der Waals surface area contributed by atoms with Crippen LogP contribution in [0.5, 0.6) is 11.5 Å². The predicted octanol–water partition coefficient (Wildman–Crippen LogP) is 2.82. The molecule has 0 aliphatic carbocycles. The molecule has 148 valence electrons. The van der Waals surface area contributed by atoms with Crippen molar-refractivity contribution in [3.63, 3.8) is 0 Å². The summed E-state index contributed by atoms with van der Waals surface area (Å²) in [5.74, 6) is 1.30. The Labute approximate surface area is 169 Å². The van der Waals surface area contributed by atoms with Gasteiger partial charge in [0.25, 0.3) is 5.91 Å². The van der Waals surface area contributed by atoms with E-state index in [1.807, 2.05) is 0 Å². The molecule has 2 aromatic heterocycles. The van der Waals surface area contributed by atoms with E-state index in [0.717, 1.165) is 0 Å². The van der Waals surface area contributed by atoms with Crippen LogP contribution in [-0.4, -0.2) is 41.0 Å². The molecule has 4 rings (SSSR count). The molecule has 1 aliphatic heterocycles. The van der Waals surface area contributed by atoms with Gasteiger partial charge < -0.3 is 24.5 Å². The van der Waals surface area contributed by atoms with Crippen LogP contribution in [0.15, 0.2) is 58.2 Å². The number of nitrogens with one attached hydrogen (secondary N) is 2. The topological polar surface area (TPSA) is 116 Å². The molecule has 0 radical (unpaired) electrons. The Morgan fingerprint density at radius 1 is 1.00 bits per heavy atom. The number of aromatic nitrogens is 2. The summed E-state index contributed by atoms with van der Waals surface area (Å²) in [6.07, 6.45) is 1.41. The fourth-order valence-electron chi connectivity index (χ4n) is 2.51. The minimum atomic E-state index is -0.413. The number of thioether (sulfide) groups is 1. The number of carbonyl (C=O) groups excluding carboxylic acids is 2. The van der Waals surface area contributed by atoms with E-state index in [4.69, 9.17) is 13.9 Å². The Morgan fingerprint density at radius 3 is 2.62 bits per heavy atom. The lowest BCUT2D eigenvalue weighted by molar-refractivity contribution is -0.113. The Balaban J connectivity index is 1.27. The lowest BCUT2D eigenvalue weighted by Crippen LogP contribution is -2.17. The zero-order valence-corrected chi connectivity index (χ0v) is 15.9. The van der Waals surface area contributed by atoms with Crippen LogP contribution in [0.1, 0.15) is 10.6 Å². The molecule has 9 nitrogen and oxygen atoms in total. The van der Waals surface area contributed by atoms with Crippen LogP contribution in [0.3, 0.4) is 0 Å². The van der Waals surface area contributed by atoms with Gasteiger partial charge in [-0.3, -0.25) is 9.59 Å². The molecule has 0 fully saturated rings. The molecule has 29 heavy (non-hydrogen) atoms. The maximum Gasteiger partial charge on any atom is 0.292 e. The molecule has 0 atom stereocenters. The summed E-state index contributed by atoms with van der Waals surface area (Å²) in [5, 5.41) is 13.9. The number of amides is 2. The van der Waals surface area contributed by atoms with Gasteiger partial charge >= 0.3 is 0 Å². The smallest absolute Gasteiger partial charge is 0.292 e. The summed E-state index contributed by atoms with van der Waals surface area (Å²) in [5.41, 5.74) is 0.627. The van der Waals surface area contributed by atoms with Crippen molar-refractivity contribution in [2.24, 2.45) is 0 Å². The first-order valence-corrected chi connectivity index (χ1v) is 9.67. The lowest BCUT2D eigenvalue weighted by Gasteiger charge is -2.18. The van der Waals surface area contributed by atoms with Crippen LogP contribution in [0, 0.1) is 0 Å². The number of nitrogens with zero attached hydrogens (tertiary/aromatic N) is 2. The maximum atomic E-state index is 12.2. The van der Waals surface area contributed by atoms with E-state index in [1.54, 1.807) is 42.5 Å². The molecular formula is C19H16N4O5S. The van der Waals surface area contributed by atoms with Crippen LogP contribution in [0.25, 0.3) is 0 Å². The third kappa shape index (κ3) is 4.85. The van der Waals surface area contributed by atoms with Crippen molar-refractivity contribution in [1.82, 2.24) is 10.2 Å². The Kier molecular flexibility index (Phi) is 5.61. The van der Waals surface area contributed by atoms with Crippen molar-refractivity contribution in [3.05, 3.63) is 54.5 Å². The zero-order chi connectivity index (χ0) is 20.1. The van der Waals surface area contributed by atoms with E-state index < -0.39 is 5.91 Å². The molecule has 0 unspecified atom stereocenters. The number of carbonyl (C=O) groups is 2. The van der Waals surface area contributed by atoms with Gasteiger partial charge in [0.05, 0.1) is 12.0 Å². The van der Waals surface area contributed by atoms with Crippen molar-refractivity contribution in [2.75, 3.05) is 29.6 Å². The van der Waals surface area contributed by atoms with Crippen LogP contribution >= 0.6 is 11.8 Å². The molecule has 0 spiro atoms. The summed E-state index contributed by atoms with van der Waals surface area (Å²) in [6.45, 7) is 0.999. The largest absolute Gasteiger partial charge is 0.486 e. The van der Waals surface area contributed by atoms with Crippen molar-refractivity contribution < 1.29 is 23.5 Å². The molecule has 1 aromatic carbocycles. The summed E-state index contributed by atoms with van der Waals surface area (Å²) < 4.78 is 16.0. The van der Waals surface area contributed by atoms with Gasteiger partial charge in [0, 0.05) is 11.8 Å². The number of benzene rings is 1. The third-order valence-corrected chi connectivity index (χ3v) is 4.72. The van der Waals surface area contributed by atoms with Crippen molar-refractivity contribution >= 4 is 35.1 Å². The van der Waals surface area contributed by atoms with Crippen LogP contribution in [0.2, 0.25) is 0 Å². The van der Waals surface area contributed by atoms with Gasteiger partial charge in [-0.05, 0) is 36.4 Å². The van der Waals surface area contributed by atoms with E-state index in [2.05, 4.69) is 20.8 Å². The first-order chi connectivity index (χ1) is 14.2. The molecule has 1 aliphatic rings.